The molecule has 0 saturated heterocycles. The van der Waals surface area contributed by atoms with Crippen LogP contribution in [0.25, 0.3) is 10.9 Å². The average molecular weight is 283 g/mol. The van der Waals surface area contributed by atoms with Crippen LogP contribution in [0, 0.1) is 0 Å². The summed E-state index contributed by atoms with van der Waals surface area (Å²) in [6.07, 6.45) is 2.05. The van der Waals surface area contributed by atoms with E-state index in [2.05, 4.69) is 11.5 Å². The molecule has 0 amide bonds. The number of benzene rings is 2. The Hall–Kier alpha value is -2.62. The largest absolute Gasteiger partial charge is 0.508 e. The van der Waals surface area contributed by atoms with Gasteiger partial charge < -0.3 is 19.5 Å². The Morgan fingerprint density at radius 3 is 2.43 bits per heavy atom. The first-order chi connectivity index (χ1) is 10.2. The summed E-state index contributed by atoms with van der Waals surface area (Å²) < 4.78 is 7.84. The number of hydrogen-bond donors (Lipinski definition) is 2. The highest BCUT2D eigenvalue weighted by molar-refractivity contribution is 5.85. The Bertz CT molecular complexity index is 760. The second-order valence-electron chi connectivity index (χ2n) is 4.92. The minimum absolute atomic E-state index is 0.223. The highest BCUT2D eigenvalue weighted by atomic mass is 16.5. The maximum Gasteiger partial charge on any atom is 0.120 e. The van der Waals surface area contributed by atoms with E-state index in [0.717, 1.165) is 23.0 Å². The molecule has 0 aliphatic rings. The summed E-state index contributed by atoms with van der Waals surface area (Å²) in [5.74, 6) is 1.20. The van der Waals surface area contributed by atoms with Crippen LogP contribution in [-0.2, 0) is 13.2 Å². The molecule has 0 bridgehead atoms. The van der Waals surface area contributed by atoms with E-state index < -0.39 is 0 Å². The minimum atomic E-state index is 0.223. The van der Waals surface area contributed by atoms with Gasteiger partial charge in [0.15, 0.2) is 0 Å². The van der Waals surface area contributed by atoms with Crippen LogP contribution in [0.5, 0.6) is 17.2 Å². The molecule has 0 unspecified atom stereocenters. The molecule has 0 spiro atoms. The van der Waals surface area contributed by atoms with Crippen molar-refractivity contribution in [2.45, 2.75) is 20.1 Å². The van der Waals surface area contributed by atoms with Crippen molar-refractivity contribution in [3.63, 3.8) is 0 Å². The lowest BCUT2D eigenvalue weighted by molar-refractivity contribution is 0.307. The number of nitrogens with zero attached hydrogens (tertiary/aromatic N) is 1. The third-order valence-electron chi connectivity index (χ3n) is 3.52. The first-order valence-corrected chi connectivity index (χ1v) is 6.90. The molecule has 2 N–H and O–H groups in total. The van der Waals surface area contributed by atoms with Crippen molar-refractivity contribution in [2.75, 3.05) is 0 Å². The van der Waals surface area contributed by atoms with E-state index in [-0.39, 0.29) is 11.5 Å². The van der Waals surface area contributed by atoms with Crippen LogP contribution in [-0.4, -0.2) is 14.8 Å². The van der Waals surface area contributed by atoms with Gasteiger partial charge in [-0.3, -0.25) is 0 Å². The van der Waals surface area contributed by atoms with Gasteiger partial charge in [-0.1, -0.05) is 0 Å². The Balaban J connectivity index is 1.88. The Morgan fingerprint density at radius 2 is 1.71 bits per heavy atom. The number of aromatic hydroxyl groups is 2. The normalized spacial score (nSPS) is 10.9. The zero-order valence-corrected chi connectivity index (χ0v) is 11.8. The summed E-state index contributed by atoms with van der Waals surface area (Å²) in [5.41, 5.74) is 2.07. The Morgan fingerprint density at radius 1 is 1.00 bits per heavy atom. The van der Waals surface area contributed by atoms with Crippen molar-refractivity contribution in [1.29, 1.82) is 0 Å². The molecule has 0 aliphatic heterocycles. The second kappa shape index (κ2) is 5.40. The van der Waals surface area contributed by atoms with Crippen LogP contribution in [0.1, 0.15) is 12.5 Å². The molecule has 1 heterocycles. The van der Waals surface area contributed by atoms with Gasteiger partial charge in [0.2, 0.25) is 0 Å². The molecular weight excluding hydrogens is 266 g/mol. The van der Waals surface area contributed by atoms with E-state index >= 15 is 0 Å². The van der Waals surface area contributed by atoms with Crippen LogP contribution in [0.3, 0.4) is 0 Å². The van der Waals surface area contributed by atoms with E-state index in [1.807, 2.05) is 12.3 Å². The lowest BCUT2D eigenvalue weighted by atomic mass is 10.2. The zero-order chi connectivity index (χ0) is 14.8. The highest BCUT2D eigenvalue weighted by Crippen LogP contribution is 2.26. The van der Waals surface area contributed by atoms with Gasteiger partial charge in [-0.25, -0.2) is 0 Å². The molecule has 2 aromatic carbocycles. The summed E-state index contributed by atoms with van der Waals surface area (Å²) in [6.45, 7) is 3.34. The second-order valence-corrected chi connectivity index (χ2v) is 4.92. The molecule has 0 saturated carbocycles. The standard InChI is InChI=1S/C17H17NO3/c1-2-18-10-12(16-8-5-14(20)9-17(16)18)11-21-15-6-3-13(19)4-7-15/h3-10,19-20H,2,11H2,1H3. The molecule has 0 radical (unpaired) electrons. The molecule has 0 atom stereocenters. The predicted octanol–water partition coefficient (Wildman–Crippen LogP) is 3.65. The third-order valence-corrected chi connectivity index (χ3v) is 3.52. The van der Waals surface area contributed by atoms with E-state index in [0.29, 0.717) is 12.4 Å². The molecule has 21 heavy (non-hydrogen) atoms. The topological polar surface area (TPSA) is 54.6 Å². The summed E-state index contributed by atoms with van der Waals surface area (Å²) >= 11 is 0. The number of phenolic OH excluding ortho intramolecular Hbond substituents is 2. The molecule has 1 aromatic heterocycles. The van der Waals surface area contributed by atoms with E-state index in [1.54, 1.807) is 36.4 Å². The van der Waals surface area contributed by atoms with E-state index in [1.165, 1.54) is 0 Å². The van der Waals surface area contributed by atoms with Gasteiger partial charge in [0.05, 0.1) is 5.52 Å². The van der Waals surface area contributed by atoms with Crippen molar-refractivity contribution >= 4 is 10.9 Å². The molecule has 3 rings (SSSR count). The number of rotatable bonds is 4. The Labute approximate surface area is 122 Å². The van der Waals surface area contributed by atoms with E-state index in [9.17, 15) is 10.2 Å². The number of phenols is 2. The zero-order valence-electron chi connectivity index (χ0n) is 11.8. The number of fused-ring (bicyclic) bond motifs is 1. The predicted molar refractivity (Wildman–Crippen MR) is 81.7 cm³/mol. The summed E-state index contributed by atoms with van der Waals surface area (Å²) in [5, 5.41) is 20.0. The molecule has 0 aliphatic carbocycles. The first-order valence-electron chi connectivity index (χ1n) is 6.90. The lowest BCUT2D eigenvalue weighted by Crippen LogP contribution is -1.94. The van der Waals surface area contributed by atoms with Gasteiger partial charge in [0.25, 0.3) is 0 Å². The number of aromatic nitrogens is 1. The maximum atomic E-state index is 9.63. The monoisotopic (exact) mass is 283 g/mol. The van der Waals surface area contributed by atoms with Crippen molar-refractivity contribution in [2.24, 2.45) is 0 Å². The van der Waals surface area contributed by atoms with Gasteiger partial charge in [0.1, 0.15) is 23.9 Å². The van der Waals surface area contributed by atoms with Crippen molar-refractivity contribution in [3.8, 4) is 17.2 Å². The number of aryl methyl sites for hydroxylation is 1. The maximum absolute atomic E-state index is 9.63. The summed E-state index contributed by atoms with van der Waals surface area (Å²) in [6, 6.07) is 12.0. The quantitative estimate of drug-likeness (QED) is 0.768. The SMILES string of the molecule is CCn1cc(COc2ccc(O)cc2)c2ccc(O)cc21. The molecule has 4 nitrogen and oxygen atoms in total. The van der Waals surface area contributed by atoms with Crippen molar-refractivity contribution in [3.05, 3.63) is 54.2 Å². The Kier molecular flexibility index (Phi) is 3.44. The van der Waals surface area contributed by atoms with Gasteiger partial charge >= 0.3 is 0 Å². The van der Waals surface area contributed by atoms with Crippen molar-refractivity contribution < 1.29 is 14.9 Å². The smallest absolute Gasteiger partial charge is 0.120 e. The van der Waals surface area contributed by atoms with Crippen molar-refractivity contribution in [1.82, 2.24) is 4.57 Å². The summed E-state index contributed by atoms with van der Waals surface area (Å²) in [4.78, 5) is 0. The molecule has 3 aromatic rings. The van der Waals surface area contributed by atoms with Crippen LogP contribution >= 0.6 is 0 Å². The van der Waals surface area contributed by atoms with Gasteiger partial charge in [0, 0.05) is 29.8 Å². The number of hydrogen-bond acceptors (Lipinski definition) is 3. The highest BCUT2D eigenvalue weighted by Gasteiger charge is 2.09. The minimum Gasteiger partial charge on any atom is -0.508 e. The summed E-state index contributed by atoms with van der Waals surface area (Å²) in [7, 11) is 0. The fourth-order valence-electron chi connectivity index (χ4n) is 2.44. The van der Waals surface area contributed by atoms with Crippen LogP contribution in [0.15, 0.2) is 48.7 Å². The van der Waals surface area contributed by atoms with Gasteiger partial charge in [-0.15, -0.1) is 0 Å². The molecule has 0 fully saturated rings. The molecule has 108 valence electrons. The van der Waals surface area contributed by atoms with Gasteiger partial charge in [-0.05, 0) is 43.3 Å². The first kappa shape index (κ1) is 13.4. The third kappa shape index (κ3) is 2.65. The fourth-order valence-corrected chi connectivity index (χ4v) is 2.44. The van der Waals surface area contributed by atoms with Crippen LogP contribution in [0.4, 0.5) is 0 Å². The van der Waals surface area contributed by atoms with Crippen LogP contribution < -0.4 is 4.74 Å². The number of ether oxygens (including phenoxy) is 1. The van der Waals surface area contributed by atoms with Crippen LogP contribution in [0.2, 0.25) is 0 Å². The fraction of sp³-hybridized carbons (Fsp3) is 0.176. The lowest BCUT2D eigenvalue weighted by Gasteiger charge is -2.05. The van der Waals surface area contributed by atoms with Gasteiger partial charge in [-0.2, -0.15) is 0 Å². The molecule has 4 heteroatoms. The molecular formula is C17H17NO3. The average Bonchev–Trinajstić information content (AvgIpc) is 2.84. The van der Waals surface area contributed by atoms with E-state index in [4.69, 9.17) is 4.74 Å².